The first-order valence-corrected chi connectivity index (χ1v) is 8.91. The van der Waals surface area contributed by atoms with E-state index in [-0.39, 0.29) is 12.0 Å². The lowest BCUT2D eigenvalue weighted by Gasteiger charge is -2.34. The Labute approximate surface area is 133 Å². The molecule has 126 valence electrons. The summed E-state index contributed by atoms with van der Waals surface area (Å²) in [5.74, 6) is 1.46. The summed E-state index contributed by atoms with van der Waals surface area (Å²) in [6, 6.07) is 0.494. The molecule has 3 atom stereocenters. The van der Waals surface area contributed by atoms with Crippen molar-refractivity contribution in [3.05, 3.63) is 0 Å². The van der Waals surface area contributed by atoms with Gasteiger partial charge in [-0.3, -0.25) is 9.69 Å². The minimum atomic E-state index is -0.290. The van der Waals surface area contributed by atoms with Crippen LogP contribution in [-0.4, -0.2) is 73.9 Å². The lowest BCUT2D eigenvalue weighted by molar-refractivity contribution is -0.142. The number of morpholine rings is 1. The van der Waals surface area contributed by atoms with E-state index in [0.29, 0.717) is 17.9 Å². The fraction of sp³-hybridized carbons (Fsp3) is 0.941. The van der Waals surface area contributed by atoms with Crippen molar-refractivity contribution < 1.29 is 14.3 Å². The Kier molecular flexibility index (Phi) is 5.37. The molecule has 22 heavy (non-hydrogen) atoms. The predicted octanol–water partition coefficient (Wildman–Crippen LogP) is 1.37. The third-order valence-electron chi connectivity index (χ3n) is 5.38. The quantitative estimate of drug-likeness (QED) is 0.743. The van der Waals surface area contributed by atoms with Crippen molar-refractivity contribution >= 4 is 5.91 Å². The van der Waals surface area contributed by atoms with Crippen LogP contribution in [0.3, 0.4) is 0 Å². The van der Waals surface area contributed by atoms with Crippen molar-refractivity contribution in [2.75, 3.05) is 46.0 Å². The highest BCUT2D eigenvalue weighted by molar-refractivity contribution is 5.81. The van der Waals surface area contributed by atoms with Crippen molar-refractivity contribution in [3.63, 3.8) is 0 Å². The van der Waals surface area contributed by atoms with E-state index in [9.17, 15) is 4.79 Å². The molecule has 0 unspecified atom stereocenters. The van der Waals surface area contributed by atoms with Crippen molar-refractivity contribution in [1.29, 1.82) is 0 Å². The number of likely N-dealkylation sites (tertiary alicyclic amines) is 1. The third kappa shape index (κ3) is 3.81. The van der Waals surface area contributed by atoms with Gasteiger partial charge >= 0.3 is 0 Å². The topological polar surface area (TPSA) is 42.0 Å². The molecule has 0 aromatic rings. The standard InChI is InChI=1S/C17H30N2O3/c1-3-15-10-19(11-16(15)18-6-8-21-9-7-18)17(20)13(2)22-12-14-4-5-14/h13-16H,3-12H2,1-2H3/t13-,15+,16+/m0/s1. The maximum absolute atomic E-state index is 12.6. The van der Waals surface area contributed by atoms with Crippen LogP contribution in [0.2, 0.25) is 0 Å². The largest absolute Gasteiger partial charge is 0.379 e. The monoisotopic (exact) mass is 310 g/mol. The first kappa shape index (κ1) is 16.2. The summed E-state index contributed by atoms with van der Waals surface area (Å²) in [5.41, 5.74) is 0. The summed E-state index contributed by atoms with van der Waals surface area (Å²) in [6.45, 7) is 10.3. The minimum absolute atomic E-state index is 0.176. The second kappa shape index (κ2) is 7.28. The number of amides is 1. The number of rotatable bonds is 6. The molecule has 0 N–H and O–H groups in total. The van der Waals surface area contributed by atoms with Gasteiger partial charge in [-0.2, -0.15) is 0 Å². The Morgan fingerprint density at radius 1 is 1.27 bits per heavy atom. The van der Waals surface area contributed by atoms with E-state index in [4.69, 9.17) is 9.47 Å². The van der Waals surface area contributed by atoms with Crippen molar-refractivity contribution in [1.82, 2.24) is 9.80 Å². The molecule has 0 aromatic heterocycles. The molecule has 3 rings (SSSR count). The number of ether oxygens (including phenoxy) is 2. The molecule has 5 nitrogen and oxygen atoms in total. The van der Waals surface area contributed by atoms with Crippen LogP contribution >= 0.6 is 0 Å². The van der Waals surface area contributed by atoms with E-state index >= 15 is 0 Å². The molecule has 2 aliphatic heterocycles. The Hall–Kier alpha value is -0.650. The van der Waals surface area contributed by atoms with Crippen LogP contribution in [0.5, 0.6) is 0 Å². The SMILES string of the molecule is CC[C@@H]1CN(C(=O)[C@H](C)OCC2CC2)C[C@H]1N1CCOCC1. The molecule has 2 saturated heterocycles. The molecular weight excluding hydrogens is 280 g/mol. The van der Waals surface area contributed by atoms with E-state index in [1.807, 2.05) is 11.8 Å². The highest BCUT2D eigenvalue weighted by Crippen LogP contribution is 2.30. The predicted molar refractivity (Wildman–Crippen MR) is 84.7 cm³/mol. The van der Waals surface area contributed by atoms with Crippen LogP contribution < -0.4 is 0 Å². The molecule has 0 bridgehead atoms. The molecule has 0 radical (unpaired) electrons. The highest BCUT2D eigenvalue weighted by atomic mass is 16.5. The summed E-state index contributed by atoms with van der Waals surface area (Å²) in [7, 11) is 0. The summed E-state index contributed by atoms with van der Waals surface area (Å²) in [5, 5.41) is 0. The summed E-state index contributed by atoms with van der Waals surface area (Å²) >= 11 is 0. The van der Waals surface area contributed by atoms with Gasteiger partial charge in [-0.1, -0.05) is 13.3 Å². The summed E-state index contributed by atoms with van der Waals surface area (Å²) in [6.07, 6.45) is 3.37. The molecular formula is C17H30N2O3. The van der Waals surface area contributed by atoms with E-state index < -0.39 is 0 Å². The van der Waals surface area contributed by atoms with E-state index in [1.165, 1.54) is 12.8 Å². The molecule has 3 aliphatic rings. The van der Waals surface area contributed by atoms with Gasteiger partial charge in [-0.25, -0.2) is 0 Å². The van der Waals surface area contributed by atoms with Crippen molar-refractivity contribution in [3.8, 4) is 0 Å². The van der Waals surface area contributed by atoms with Crippen LogP contribution in [0.1, 0.15) is 33.1 Å². The van der Waals surface area contributed by atoms with E-state index in [0.717, 1.165) is 52.4 Å². The molecule has 0 spiro atoms. The maximum atomic E-state index is 12.6. The zero-order chi connectivity index (χ0) is 15.5. The molecule has 1 aliphatic carbocycles. The minimum Gasteiger partial charge on any atom is -0.379 e. The molecule has 5 heteroatoms. The van der Waals surface area contributed by atoms with Gasteiger partial charge in [-0.05, 0) is 31.6 Å². The smallest absolute Gasteiger partial charge is 0.251 e. The van der Waals surface area contributed by atoms with Gasteiger partial charge in [0.1, 0.15) is 6.10 Å². The van der Waals surface area contributed by atoms with Crippen LogP contribution in [0, 0.1) is 11.8 Å². The van der Waals surface area contributed by atoms with E-state index in [2.05, 4.69) is 11.8 Å². The van der Waals surface area contributed by atoms with Gasteiger partial charge in [0.05, 0.1) is 19.8 Å². The fourth-order valence-electron chi connectivity index (χ4n) is 3.65. The lowest BCUT2D eigenvalue weighted by atomic mass is 9.99. The highest BCUT2D eigenvalue weighted by Gasteiger charge is 2.39. The molecule has 0 aromatic carbocycles. The number of nitrogens with zero attached hydrogens (tertiary/aromatic N) is 2. The molecule has 2 heterocycles. The van der Waals surface area contributed by atoms with Crippen LogP contribution in [0.4, 0.5) is 0 Å². The zero-order valence-electron chi connectivity index (χ0n) is 14.0. The lowest BCUT2D eigenvalue weighted by Crippen LogP contribution is -2.47. The Morgan fingerprint density at radius 2 is 2.00 bits per heavy atom. The average molecular weight is 310 g/mol. The summed E-state index contributed by atoms with van der Waals surface area (Å²) < 4.78 is 11.2. The van der Waals surface area contributed by atoms with Gasteiger partial charge < -0.3 is 14.4 Å². The second-order valence-electron chi connectivity index (χ2n) is 7.05. The van der Waals surface area contributed by atoms with Gasteiger partial charge in [0.25, 0.3) is 5.91 Å². The number of carbonyl (C=O) groups excluding carboxylic acids is 1. The normalized spacial score (nSPS) is 31.5. The number of carbonyl (C=O) groups is 1. The first-order valence-electron chi connectivity index (χ1n) is 8.91. The van der Waals surface area contributed by atoms with Crippen LogP contribution in [0.25, 0.3) is 0 Å². The molecule has 1 amide bonds. The van der Waals surface area contributed by atoms with Crippen LogP contribution in [-0.2, 0) is 14.3 Å². The number of hydrogen-bond donors (Lipinski definition) is 0. The molecule has 1 saturated carbocycles. The van der Waals surface area contributed by atoms with Gasteiger partial charge in [-0.15, -0.1) is 0 Å². The Balaban J connectivity index is 1.53. The van der Waals surface area contributed by atoms with Crippen molar-refractivity contribution in [2.24, 2.45) is 11.8 Å². The fourth-order valence-corrected chi connectivity index (χ4v) is 3.65. The van der Waals surface area contributed by atoms with Crippen LogP contribution in [0.15, 0.2) is 0 Å². The van der Waals surface area contributed by atoms with Crippen molar-refractivity contribution in [2.45, 2.75) is 45.3 Å². The van der Waals surface area contributed by atoms with Gasteiger partial charge in [0.2, 0.25) is 0 Å². The Bertz CT molecular complexity index is 380. The third-order valence-corrected chi connectivity index (χ3v) is 5.38. The van der Waals surface area contributed by atoms with E-state index in [1.54, 1.807) is 0 Å². The zero-order valence-corrected chi connectivity index (χ0v) is 14.0. The first-order chi connectivity index (χ1) is 10.7. The van der Waals surface area contributed by atoms with Gasteiger partial charge in [0.15, 0.2) is 0 Å². The average Bonchev–Trinajstić information content (AvgIpc) is 3.29. The second-order valence-corrected chi connectivity index (χ2v) is 7.05. The molecule has 3 fully saturated rings. The maximum Gasteiger partial charge on any atom is 0.251 e. The summed E-state index contributed by atoms with van der Waals surface area (Å²) in [4.78, 5) is 17.2. The number of hydrogen-bond acceptors (Lipinski definition) is 4. The Morgan fingerprint density at radius 3 is 2.64 bits per heavy atom. The van der Waals surface area contributed by atoms with Gasteiger partial charge in [0, 0.05) is 32.2 Å².